The minimum atomic E-state index is -3.06. The fourth-order valence-electron chi connectivity index (χ4n) is 0.910. The number of anilines is 1. The molecular weight excluding hydrogens is 198 g/mol. The van der Waals surface area contributed by atoms with E-state index in [9.17, 15) is 18.4 Å². The standard InChI is InChI=1S/C7H6F2N2O3/c8-5(9)4-2(7(13)14)1-3(10)6(12)11-4/h1,5H,10H2,(H,11,12)(H,13,14). The van der Waals surface area contributed by atoms with Gasteiger partial charge in [0.15, 0.2) is 0 Å². The molecule has 0 aliphatic carbocycles. The highest BCUT2D eigenvalue weighted by Crippen LogP contribution is 2.20. The number of carbonyl (C=O) groups is 1. The van der Waals surface area contributed by atoms with Crippen molar-refractivity contribution in [2.75, 3.05) is 5.73 Å². The third-order valence-electron chi connectivity index (χ3n) is 1.55. The van der Waals surface area contributed by atoms with Gasteiger partial charge in [-0.3, -0.25) is 4.79 Å². The van der Waals surface area contributed by atoms with Crippen LogP contribution in [0.2, 0.25) is 0 Å². The van der Waals surface area contributed by atoms with Crippen LogP contribution in [0.5, 0.6) is 0 Å². The summed E-state index contributed by atoms with van der Waals surface area (Å²) in [6, 6.07) is 0.711. The number of carboxylic acids is 1. The normalized spacial score (nSPS) is 10.5. The Morgan fingerprint density at radius 1 is 1.57 bits per heavy atom. The summed E-state index contributed by atoms with van der Waals surface area (Å²) in [5.41, 5.74) is 2.11. The lowest BCUT2D eigenvalue weighted by atomic mass is 10.2. The molecule has 0 radical (unpaired) electrons. The number of hydrogen-bond donors (Lipinski definition) is 3. The van der Waals surface area contributed by atoms with Crippen molar-refractivity contribution in [1.29, 1.82) is 0 Å². The summed E-state index contributed by atoms with van der Waals surface area (Å²) in [5.74, 6) is -1.57. The second-order valence-electron chi connectivity index (χ2n) is 2.49. The van der Waals surface area contributed by atoms with Gasteiger partial charge in [-0.15, -0.1) is 0 Å². The molecule has 0 bridgehead atoms. The lowest BCUT2D eigenvalue weighted by Crippen LogP contribution is -2.18. The van der Waals surface area contributed by atoms with E-state index >= 15 is 0 Å². The first-order valence-electron chi connectivity index (χ1n) is 3.47. The third-order valence-corrected chi connectivity index (χ3v) is 1.55. The number of nitrogens with two attached hydrogens (primary N) is 1. The average molecular weight is 204 g/mol. The molecule has 0 aliphatic heterocycles. The molecule has 7 heteroatoms. The van der Waals surface area contributed by atoms with E-state index in [1.54, 1.807) is 4.98 Å². The van der Waals surface area contributed by atoms with Gasteiger partial charge in [0.2, 0.25) is 0 Å². The van der Waals surface area contributed by atoms with E-state index in [0.29, 0.717) is 6.07 Å². The molecule has 0 spiro atoms. The zero-order chi connectivity index (χ0) is 10.9. The van der Waals surface area contributed by atoms with Crippen molar-refractivity contribution in [3.05, 3.63) is 27.7 Å². The van der Waals surface area contributed by atoms with Gasteiger partial charge in [-0.25, -0.2) is 13.6 Å². The molecule has 0 unspecified atom stereocenters. The summed E-state index contributed by atoms with van der Waals surface area (Å²) in [6.45, 7) is 0. The van der Waals surface area contributed by atoms with Crippen LogP contribution in [0.25, 0.3) is 0 Å². The predicted molar refractivity (Wildman–Crippen MR) is 43.4 cm³/mol. The summed E-state index contributed by atoms with van der Waals surface area (Å²) in [7, 11) is 0. The zero-order valence-electron chi connectivity index (χ0n) is 6.75. The molecule has 1 heterocycles. The summed E-state index contributed by atoms with van der Waals surface area (Å²) in [4.78, 5) is 23.0. The SMILES string of the molecule is Nc1cc(C(=O)O)c(C(F)F)[nH]c1=O. The quantitative estimate of drug-likeness (QED) is 0.656. The minimum Gasteiger partial charge on any atom is -0.478 e. The molecule has 0 atom stereocenters. The number of halogens is 2. The Kier molecular flexibility index (Phi) is 2.50. The van der Waals surface area contributed by atoms with Gasteiger partial charge in [0.1, 0.15) is 0 Å². The van der Waals surface area contributed by atoms with Crippen molar-refractivity contribution in [3.63, 3.8) is 0 Å². The van der Waals surface area contributed by atoms with Crippen LogP contribution < -0.4 is 11.3 Å². The van der Waals surface area contributed by atoms with E-state index in [1.165, 1.54) is 0 Å². The first-order chi connectivity index (χ1) is 6.43. The van der Waals surface area contributed by atoms with Crippen LogP contribution in [-0.2, 0) is 0 Å². The summed E-state index contributed by atoms with van der Waals surface area (Å²) >= 11 is 0. The summed E-state index contributed by atoms with van der Waals surface area (Å²) in [5, 5.41) is 8.52. The van der Waals surface area contributed by atoms with Crippen molar-refractivity contribution in [2.45, 2.75) is 6.43 Å². The molecule has 14 heavy (non-hydrogen) atoms. The average Bonchev–Trinajstić information content (AvgIpc) is 2.08. The predicted octanol–water partition coefficient (Wildman–Crippen LogP) is 0.593. The molecule has 1 aromatic rings. The largest absolute Gasteiger partial charge is 0.478 e. The first kappa shape index (κ1) is 10.2. The maximum atomic E-state index is 12.2. The van der Waals surface area contributed by atoms with Crippen LogP contribution in [0.4, 0.5) is 14.5 Å². The number of pyridine rings is 1. The highest BCUT2D eigenvalue weighted by Gasteiger charge is 2.20. The minimum absolute atomic E-state index is 0.410. The fourth-order valence-corrected chi connectivity index (χ4v) is 0.910. The lowest BCUT2D eigenvalue weighted by molar-refractivity contribution is 0.0682. The number of carboxylic acid groups (broad SMARTS) is 1. The number of alkyl halides is 2. The second-order valence-corrected chi connectivity index (χ2v) is 2.49. The second kappa shape index (κ2) is 3.44. The summed E-state index contributed by atoms with van der Waals surface area (Å²) < 4.78 is 24.5. The maximum absolute atomic E-state index is 12.2. The summed E-state index contributed by atoms with van der Waals surface area (Å²) in [6.07, 6.45) is -3.06. The van der Waals surface area contributed by atoms with Crippen LogP contribution >= 0.6 is 0 Å². The molecule has 0 saturated heterocycles. The van der Waals surface area contributed by atoms with Crippen molar-refractivity contribution in [3.8, 4) is 0 Å². The monoisotopic (exact) mass is 204 g/mol. The number of aromatic carboxylic acids is 1. The number of aromatic nitrogens is 1. The van der Waals surface area contributed by atoms with Gasteiger partial charge >= 0.3 is 5.97 Å². The van der Waals surface area contributed by atoms with Gasteiger partial charge in [-0.1, -0.05) is 0 Å². The highest BCUT2D eigenvalue weighted by molar-refractivity contribution is 5.89. The number of H-pyrrole nitrogens is 1. The van der Waals surface area contributed by atoms with Crippen molar-refractivity contribution in [1.82, 2.24) is 4.98 Å². The number of nitrogens with one attached hydrogen (secondary N) is 1. The van der Waals surface area contributed by atoms with Gasteiger partial charge < -0.3 is 15.8 Å². The van der Waals surface area contributed by atoms with Gasteiger partial charge in [0.05, 0.1) is 16.9 Å². The molecule has 0 aromatic carbocycles. The maximum Gasteiger partial charge on any atom is 0.337 e. The van der Waals surface area contributed by atoms with Gasteiger partial charge in [-0.05, 0) is 6.07 Å². The lowest BCUT2D eigenvalue weighted by Gasteiger charge is -2.04. The molecule has 0 aliphatic rings. The fraction of sp³-hybridized carbons (Fsp3) is 0.143. The Balaban J connectivity index is 3.47. The molecule has 4 N–H and O–H groups in total. The topological polar surface area (TPSA) is 96.2 Å². The van der Waals surface area contributed by atoms with E-state index in [2.05, 4.69) is 0 Å². The first-order valence-corrected chi connectivity index (χ1v) is 3.47. The van der Waals surface area contributed by atoms with Gasteiger partial charge in [0, 0.05) is 0 Å². The Morgan fingerprint density at radius 2 is 2.14 bits per heavy atom. The van der Waals surface area contributed by atoms with Crippen LogP contribution in [0, 0.1) is 0 Å². The van der Waals surface area contributed by atoms with E-state index < -0.39 is 34.9 Å². The number of hydrogen-bond acceptors (Lipinski definition) is 3. The van der Waals surface area contributed by atoms with Crippen LogP contribution in [0.1, 0.15) is 22.5 Å². The Bertz CT molecular complexity index is 427. The van der Waals surface area contributed by atoms with E-state index in [0.717, 1.165) is 0 Å². The smallest absolute Gasteiger partial charge is 0.337 e. The van der Waals surface area contributed by atoms with Gasteiger partial charge in [-0.2, -0.15) is 0 Å². The molecule has 5 nitrogen and oxygen atoms in total. The molecule has 0 fully saturated rings. The van der Waals surface area contributed by atoms with E-state index in [1.807, 2.05) is 0 Å². The zero-order valence-corrected chi connectivity index (χ0v) is 6.75. The van der Waals surface area contributed by atoms with E-state index in [-0.39, 0.29) is 0 Å². The van der Waals surface area contributed by atoms with Gasteiger partial charge in [0.25, 0.3) is 12.0 Å². The molecule has 0 amide bonds. The number of rotatable bonds is 2. The van der Waals surface area contributed by atoms with Crippen molar-refractivity contribution < 1.29 is 18.7 Å². The Hall–Kier alpha value is -1.92. The molecule has 76 valence electrons. The number of aromatic amines is 1. The van der Waals surface area contributed by atoms with Crippen LogP contribution in [0.15, 0.2) is 10.9 Å². The van der Waals surface area contributed by atoms with Crippen LogP contribution in [-0.4, -0.2) is 16.1 Å². The molecule has 0 saturated carbocycles. The molecule has 1 rings (SSSR count). The Morgan fingerprint density at radius 3 is 2.57 bits per heavy atom. The third kappa shape index (κ3) is 1.70. The molecular formula is C7H6F2N2O3. The Labute approximate surface area is 76.2 Å². The van der Waals surface area contributed by atoms with Crippen molar-refractivity contribution in [2.24, 2.45) is 0 Å². The van der Waals surface area contributed by atoms with Crippen LogP contribution in [0.3, 0.4) is 0 Å². The van der Waals surface area contributed by atoms with Crippen molar-refractivity contribution >= 4 is 11.7 Å². The van der Waals surface area contributed by atoms with E-state index in [4.69, 9.17) is 10.8 Å². The number of nitrogen functional groups attached to an aromatic ring is 1. The molecule has 1 aromatic heterocycles. The highest BCUT2D eigenvalue weighted by atomic mass is 19.3.